The second-order valence-electron chi connectivity index (χ2n) is 6.16. The van der Waals surface area contributed by atoms with Crippen LogP contribution in [0.3, 0.4) is 0 Å². The average molecular weight is 425 g/mol. The van der Waals surface area contributed by atoms with Crippen molar-refractivity contribution in [3.8, 4) is 17.2 Å². The van der Waals surface area contributed by atoms with Gasteiger partial charge in [-0.2, -0.15) is 8.78 Å². The summed E-state index contributed by atoms with van der Waals surface area (Å²) in [7, 11) is 3.15. The number of aliphatic imine (C=N–C) groups is 1. The molecule has 0 radical (unpaired) electrons. The Kier molecular flexibility index (Phi) is 9.11. The maximum Gasteiger partial charge on any atom is 0.387 e. The third kappa shape index (κ3) is 6.75. The summed E-state index contributed by atoms with van der Waals surface area (Å²) in [6.45, 7) is -0.179. The largest absolute Gasteiger partial charge is 0.493 e. The summed E-state index contributed by atoms with van der Waals surface area (Å²) >= 11 is 0. The van der Waals surface area contributed by atoms with Crippen LogP contribution in [0.2, 0.25) is 0 Å². The van der Waals surface area contributed by atoms with Crippen molar-refractivity contribution in [2.45, 2.75) is 26.5 Å². The van der Waals surface area contributed by atoms with Gasteiger partial charge in [-0.05, 0) is 43.2 Å². The van der Waals surface area contributed by atoms with Gasteiger partial charge in [-0.15, -0.1) is 0 Å². The lowest BCUT2D eigenvalue weighted by Crippen LogP contribution is -2.38. The van der Waals surface area contributed by atoms with Crippen LogP contribution in [-0.2, 0) is 13.0 Å². The summed E-state index contributed by atoms with van der Waals surface area (Å²) in [4.78, 5) is 4.29. The molecule has 0 saturated heterocycles. The minimum absolute atomic E-state index is 0.0325. The molecule has 164 valence electrons. The second-order valence-corrected chi connectivity index (χ2v) is 6.16. The number of methoxy groups -OCH3 is 2. The molecule has 0 saturated carbocycles. The van der Waals surface area contributed by atoms with Crippen LogP contribution in [-0.4, -0.2) is 39.9 Å². The summed E-state index contributed by atoms with van der Waals surface area (Å²) < 4.78 is 54.1. The second kappa shape index (κ2) is 11.8. The molecule has 0 aliphatic rings. The molecule has 0 bridgehead atoms. The first-order chi connectivity index (χ1) is 14.5. The number of hydrogen-bond acceptors (Lipinski definition) is 4. The maximum atomic E-state index is 14.1. The Morgan fingerprint density at radius 2 is 1.80 bits per heavy atom. The highest BCUT2D eigenvalue weighted by molar-refractivity contribution is 5.79. The van der Waals surface area contributed by atoms with E-state index in [2.05, 4.69) is 20.4 Å². The highest BCUT2D eigenvalue weighted by Gasteiger charge is 2.13. The number of guanidine groups is 1. The minimum atomic E-state index is -3.04. The third-order valence-corrected chi connectivity index (χ3v) is 4.19. The van der Waals surface area contributed by atoms with Gasteiger partial charge >= 0.3 is 6.61 Å². The molecule has 6 nitrogen and oxygen atoms in total. The molecule has 0 fully saturated rings. The van der Waals surface area contributed by atoms with Gasteiger partial charge in [0.25, 0.3) is 0 Å². The van der Waals surface area contributed by atoms with E-state index < -0.39 is 12.4 Å². The lowest BCUT2D eigenvalue weighted by Gasteiger charge is -2.14. The van der Waals surface area contributed by atoms with Crippen molar-refractivity contribution < 1.29 is 27.4 Å². The quantitative estimate of drug-likeness (QED) is 0.449. The van der Waals surface area contributed by atoms with E-state index in [1.807, 2.05) is 25.1 Å². The monoisotopic (exact) mass is 425 g/mol. The van der Waals surface area contributed by atoms with E-state index in [-0.39, 0.29) is 17.9 Å². The van der Waals surface area contributed by atoms with Gasteiger partial charge in [0.15, 0.2) is 17.5 Å². The Bertz CT molecular complexity index is 847. The van der Waals surface area contributed by atoms with Crippen LogP contribution in [0.15, 0.2) is 41.4 Å². The third-order valence-electron chi connectivity index (χ3n) is 4.19. The lowest BCUT2D eigenvalue weighted by atomic mass is 10.1. The zero-order chi connectivity index (χ0) is 21.9. The molecule has 0 aliphatic carbocycles. The normalized spacial score (nSPS) is 11.4. The number of halogens is 3. The first-order valence-corrected chi connectivity index (χ1v) is 9.43. The molecule has 2 aromatic carbocycles. The molecule has 0 atom stereocenters. The summed E-state index contributed by atoms with van der Waals surface area (Å²) in [5, 5.41) is 6.18. The molecule has 0 heterocycles. The molecule has 0 aromatic heterocycles. The predicted molar refractivity (Wildman–Crippen MR) is 109 cm³/mol. The molecule has 9 heteroatoms. The van der Waals surface area contributed by atoms with E-state index in [1.165, 1.54) is 18.2 Å². The Balaban J connectivity index is 2.04. The van der Waals surface area contributed by atoms with E-state index in [0.29, 0.717) is 37.0 Å². The number of nitrogens with zero attached hydrogens (tertiary/aromatic N) is 1. The van der Waals surface area contributed by atoms with E-state index in [9.17, 15) is 13.2 Å². The van der Waals surface area contributed by atoms with Gasteiger partial charge in [0.05, 0.1) is 26.3 Å². The Labute approximate surface area is 174 Å². The summed E-state index contributed by atoms with van der Waals surface area (Å²) in [5.41, 5.74) is 0.993. The van der Waals surface area contributed by atoms with Crippen LogP contribution in [0.25, 0.3) is 0 Å². The fourth-order valence-corrected chi connectivity index (χ4v) is 2.76. The van der Waals surface area contributed by atoms with Crippen LogP contribution >= 0.6 is 0 Å². The van der Waals surface area contributed by atoms with Crippen molar-refractivity contribution >= 4 is 5.96 Å². The van der Waals surface area contributed by atoms with Gasteiger partial charge in [0.1, 0.15) is 11.6 Å². The van der Waals surface area contributed by atoms with Crippen LogP contribution in [0.4, 0.5) is 13.2 Å². The minimum Gasteiger partial charge on any atom is -0.493 e. The number of rotatable bonds is 10. The van der Waals surface area contributed by atoms with Crippen LogP contribution in [0.5, 0.6) is 17.2 Å². The van der Waals surface area contributed by atoms with Crippen molar-refractivity contribution in [2.24, 2.45) is 4.99 Å². The first-order valence-electron chi connectivity index (χ1n) is 9.43. The highest BCUT2D eigenvalue weighted by atomic mass is 19.3. The number of alkyl halides is 2. The van der Waals surface area contributed by atoms with Gasteiger partial charge in [0.2, 0.25) is 0 Å². The fourth-order valence-electron chi connectivity index (χ4n) is 2.76. The molecular weight excluding hydrogens is 399 g/mol. The summed E-state index contributed by atoms with van der Waals surface area (Å²) in [6, 6.07) is 9.43. The SMILES string of the molecule is CCNC(=NCc1c(F)cccc1OC(F)F)NCCc1ccc(OC)c(OC)c1. The summed E-state index contributed by atoms with van der Waals surface area (Å²) in [5.74, 6) is 0.842. The zero-order valence-corrected chi connectivity index (χ0v) is 17.2. The van der Waals surface area contributed by atoms with E-state index >= 15 is 0 Å². The van der Waals surface area contributed by atoms with Crippen LogP contribution in [0, 0.1) is 5.82 Å². The van der Waals surface area contributed by atoms with Gasteiger partial charge in [-0.1, -0.05) is 12.1 Å². The highest BCUT2D eigenvalue weighted by Crippen LogP contribution is 2.27. The van der Waals surface area contributed by atoms with Gasteiger partial charge in [-0.3, -0.25) is 0 Å². The molecule has 30 heavy (non-hydrogen) atoms. The topological polar surface area (TPSA) is 64.1 Å². The van der Waals surface area contributed by atoms with Crippen molar-refractivity contribution in [1.29, 1.82) is 0 Å². The Morgan fingerprint density at radius 3 is 2.47 bits per heavy atom. The van der Waals surface area contributed by atoms with E-state index in [4.69, 9.17) is 9.47 Å². The maximum absolute atomic E-state index is 14.1. The Morgan fingerprint density at radius 1 is 1.03 bits per heavy atom. The number of hydrogen-bond donors (Lipinski definition) is 2. The van der Waals surface area contributed by atoms with Crippen molar-refractivity contribution in [1.82, 2.24) is 10.6 Å². The van der Waals surface area contributed by atoms with Crippen LogP contribution in [0.1, 0.15) is 18.1 Å². The molecule has 0 spiro atoms. The molecule has 2 N–H and O–H groups in total. The smallest absolute Gasteiger partial charge is 0.387 e. The number of benzene rings is 2. The molecule has 2 aromatic rings. The van der Waals surface area contributed by atoms with Gasteiger partial charge < -0.3 is 24.8 Å². The Hall–Kier alpha value is -3.10. The van der Waals surface area contributed by atoms with Crippen molar-refractivity contribution in [2.75, 3.05) is 27.3 Å². The van der Waals surface area contributed by atoms with Crippen molar-refractivity contribution in [3.63, 3.8) is 0 Å². The fraction of sp³-hybridized carbons (Fsp3) is 0.381. The molecule has 0 amide bonds. The number of nitrogens with one attached hydrogen (secondary N) is 2. The van der Waals surface area contributed by atoms with Gasteiger partial charge in [0, 0.05) is 13.1 Å². The lowest BCUT2D eigenvalue weighted by molar-refractivity contribution is -0.0506. The van der Waals surface area contributed by atoms with E-state index in [1.54, 1.807) is 14.2 Å². The number of ether oxygens (including phenoxy) is 3. The van der Waals surface area contributed by atoms with E-state index in [0.717, 1.165) is 5.56 Å². The molecule has 0 aliphatic heterocycles. The summed E-state index contributed by atoms with van der Waals surface area (Å²) in [6.07, 6.45) is 0.671. The molecule has 0 unspecified atom stereocenters. The molecular formula is C21H26F3N3O3. The predicted octanol–water partition coefficient (Wildman–Crippen LogP) is 3.74. The molecule has 2 rings (SSSR count). The van der Waals surface area contributed by atoms with Gasteiger partial charge in [-0.25, -0.2) is 9.38 Å². The average Bonchev–Trinajstić information content (AvgIpc) is 2.72. The van der Waals surface area contributed by atoms with Crippen molar-refractivity contribution in [3.05, 3.63) is 53.3 Å². The standard InChI is InChI=1S/C21H26F3N3O3/c1-4-25-21(26-11-10-14-8-9-18(28-2)19(12-14)29-3)27-13-15-16(22)6-5-7-17(15)30-20(23)24/h5-9,12,20H,4,10-11,13H2,1-3H3,(H2,25,26,27). The van der Waals surface area contributed by atoms with Crippen LogP contribution < -0.4 is 24.8 Å². The first kappa shape index (κ1) is 23.2. The zero-order valence-electron chi connectivity index (χ0n) is 17.2.